The summed E-state index contributed by atoms with van der Waals surface area (Å²) < 4.78 is 12.5. The highest BCUT2D eigenvalue weighted by Gasteiger charge is 2.32. The van der Waals surface area contributed by atoms with E-state index < -0.39 is 11.9 Å². The quantitative estimate of drug-likeness (QED) is 0.247. The molecule has 9 nitrogen and oxygen atoms in total. The first kappa shape index (κ1) is 28.9. The molecule has 206 valence electrons. The van der Waals surface area contributed by atoms with Crippen LogP contribution < -0.4 is 9.47 Å². The lowest BCUT2D eigenvalue weighted by atomic mass is 10.1. The number of likely N-dealkylation sites (N-methyl/N-ethyl adjacent to an activating group) is 1. The normalized spacial score (nSPS) is 15.1. The fourth-order valence-corrected chi connectivity index (χ4v) is 5.27. The van der Waals surface area contributed by atoms with E-state index in [1.54, 1.807) is 42.5 Å². The first-order chi connectivity index (χ1) is 19.2. The van der Waals surface area contributed by atoms with E-state index in [9.17, 15) is 19.5 Å². The van der Waals surface area contributed by atoms with Gasteiger partial charge in [0, 0.05) is 11.0 Å². The number of nitrogens with zero attached hydrogens (tertiary/aromatic N) is 2. The lowest BCUT2D eigenvalue weighted by Gasteiger charge is -2.14. The molecular weight excluding hydrogens is 600 g/mol. The molecule has 1 aliphatic heterocycles. The van der Waals surface area contributed by atoms with Gasteiger partial charge < -0.3 is 19.7 Å². The maximum absolute atomic E-state index is 13.2. The van der Waals surface area contributed by atoms with Gasteiger partial charge in [-0.05, 0) is 85.3 Å². The number of halogens is 1. The molecule has 0 saturated carbocycles. The summed E-state index contributed by atoms with van der Waals surface area (Å²) in [4.78, 5) is 42.1. The van der Waals surface area contributed by atoms with Gasteiger partial charge in [0.15, 0.2) is 16.7 Å². The number of carboxylic acid groups (broad SMARTS) is 2. The number of thioether (sulfide) groups is 1. The van der Waals surface area contributed by atoms with Gasteiger partial charge in [0.2, 0.25) is 0 Å². The number of hydrogen-bond acceptors (Lipinski definition) is 7. The predicted molar refractivity (Wildman–Crippen MR) is 156 cm³/mol. The van der Waals surface area contributed by atoms with Gasteiger partial charge in [0.25, 0.3) is 5.91 Å². The predicted octanol–water partition coefficient (Wildman–Crippen LogP) is 6.45. The average molecular weight is 625 g/mol. The molecule has 3 aromatic carbocycles. The fourth-order valence-electron chi connectivity index (χ4n) is 3.78. The van der Waals surface area contributed by atoms with Crippen molar-refractivity contribution in [1.29, 1.82) is 0 Å². The maximum atomic E-state index is 13.2. The standard InChI is InChI=1S/C29H25BrN2O7S/c1-3-32-26(33)25(40-29(32)31-21-7-5-6-19(12-21)28(36)37)14-20-13-23(38-4-2)24(15-22(20)30)39-16-17-8-10-18(11-9-17)27(34)35/h5-15H,3-4,16H2,1-2H3,(H,34,35)(H,36,37)/b25-14-,31-29?. The number of aromatic carboxylic acids is 2. The molecular formula is C29H25BrN2O7S. The van der Waals surface area contributed by atoms with Crippen molar-refractivity contribution in [2.24, 2.45) is 4.99 Å². The van der Waals surface area contributed by atoms with E-state index in [1.807, 2.05) is 13.8 Å². The highest BCUT2D eigenvalue weighted by molar-refractivity contribution is 9.10. The van der Waals surface area contributed by atoms with Crippen LogP contribution in [0.25, 0.3) is 6.08 Å². The van der Waals surface area contributed by atoms with Crippen LogP contribution in [0.2, 0.25) is 0 Å². The molecule has 3 aromatic rings. The third-order valence-electron chi connectivity index (χ3n) is 5.77. The summed E-state index contributed by atoms with van der Waals surface area (Å²) in [5.74, 6) is -1.29. The number of amides is 1. The minimum atomic E-state index is -1.05. The topological polar surface area (TPSA) is 126 Å². The van der Waals surface area contributed by atoms with Crippen molar-refractivity contribution in [1.82, 2.24) is 4.90 Å². The third-order valence-corrected chi connectivity index (χ3v) is 7.46. The fraction of sp³-hybridized carbons (Fsp3) is 0.172. The first-order valence-electron chi connectivity index (χ1n) is 12.2. The van der Waals surface area contributed by atoms with Gasteiger partial charge in [-0.2, -0.15) is 0 Å². The number of amidine groups is 1. The lowest BCUT2D eigenvalue weighted by molar-refractivity contribution is -0.122. The zero-order valence-corrected chi connectivity index (χ0v) is 24.0. The Hall–Kier alpha value is -4.09. The molecule has 2 N–H and O–H groups in total. The zero-order chi connectivity index (χ0) is 28.8. The van der Waals surface area contributed by atoms with Crippen LogP contribution in [-0.4, -0.2) is 51.3 Å². The molecule has 0 radical (unpaired) electrons. The van der Waals surface area contributed by atoms with E-state index in [4.69, 9.17) is 14.6 Å². The van der Waals surface area contributed by atoms with Crippen molar-refractivity contribution in [2.75, 3.05) is 13.2 Å². The van der Waals surface area contributed by atoms with E-state index in [1.165, 1.54) is 40.9 Å². The summed E-state index contributed by atoms with van der Waals surface area (Å²) in [6, 6.07) is 16.2. The number of carboxylic acids is 2. The van der Waals surface area contributed by atoms with Crippen LogP contribution in [0.1, 0.15) is 45.7 Å². The highest BCUT2D eigenvalue weighted by atomic mass is 79.9. The van der Waals surface area contributed by atoms with Gasteiger partial charge in [0.05, 0.1) is 28.3 Å². The van der Waals surface area contributed by atoms with E-state index in [2.05, 4.69) is 20.9 Å². The van der Waals surface area contributed by atoms with Crippen molar-refractivity contribution in [2.45, 2.75) is 20.5 Å². The minimum Gasteiger partial charge on any atom is -0.490 e. The van der Waals surface area contributed by atoms with Gasteiger partial charge >= 0.3 is 11.9 Å². The number of rotatable bonds is 10. The van der Waals surface area contributed by atoms with Gasteiger partial charge in [-0.25, -0.2) is 14.6 Å². The number of benzene rings is 3. The molecule has 0 unspecified atom stereocenters. The van der Waals surface area contributed by atoms with Crippen molar-refractivity contribution < 1.29 is 34.1 Å². The van der Waals surface area contributed by atoms with Crippen LogP contribution in [-0.2, 0) is 11.4 Å². The lowest BCUT2D eigenvalue weighted by Crippen LogP contribution is -2.28. The minimum absolute atomic E-state index is 0.113. The molecule has 1 amide bonds. The molecule has 4 rings (SSSR count). The van der Waals surface area contributed by atoms with Gasteiger partial charge in [0.1, 0.15) is 6.61 Å². The van der Waals surface area contributed by atoms with E-state index in [0.717, 1.165) is 5.56 Å². The zero-order valence-electron chi connectivity index (χ0n) is 21.6. The molecule has 1 aliphatic rings. The summed E-state index contributed by atoms with van der Waals surface area (Å²) in [6.45, 7) is 4.69. The molecule has 11 heteroatoms. The molecule has 0 aromatic heterocycles. The molecule has 40 heavy (non-hydrogen) atoms. The summed E-state index contributed by atoms with van der Waals surface area (Å²) in [6.07, 6.45) is 1.74. The molecule has 1 saturated heterocycles. The summed E-state index contributed by atoms with van der Waals surface area (Å²) in [5, 5.41) is 18.8. The second-order valence-electron chi connectivity index (χ2n) is 8.45. The maximum Gasteiger partial charge on any atom is 0.335 e. The van der Waals surface area contributed by atoms with E-state index >= 15 is 0 Å². The van der Waals surface area contributed by atoms with Crippen LogP contribution in [0.3, 0.4) is 0 Å². The van der Waals surface area contributed by atoms with Crippen molar-refractivity contribution in [3.63, 3.8) is 0 Å². The Labute approximate surface area is 243 Å². The van der Waals surface area contributed by atoms with Crippen LogP contribution in [0.5, 0.6) is 11.5 Å². The van der Waals surface area contributed by atoms with E-state index in [-0.39, 0.29) is 23.6 Å². The Morgan fingerprint density at radius 1 is 0.975 bits per heavy atom. The Bertz CT molecular complexity index is 1520. The first-order valence-corrected chi connectivity index (χ1v) is 13.9. The van der Waals surface area contributed by atoms with E-state index in [0.29, 0.717) is 50.4 Å². The molecule has 0 spiro atoms. The monoisotopic (exact) mass is 624 g/mol. The molecule has 0 bridgehead atoms. The van der Waals surface area contributed by atoms with Gasteiger partial charge in [-0.3, -0.25) is 9.69 Å². The molecule has 1 fully saturated rings. The Balaban J connectivity index is 1.59. The summed E-state index contributed by atoms with van der Waals surface area (Å²) in [5.41, 5.74) is 2.24. The largest absolute Gasteiger partial charge is 0.490 e. The van der Waals surface area contributed by atoms with Gasteiger partial charge in [-0.1, -0.05) is 34.1 Å². The van der Waals surface area contributed by atoms with Crippen LogP contribution in [0, 0.1) is 0 Å². The second kappa shape index (κ2) is 12.8. The molecule has 1 heterocycles. The number of aliphatic imine (C=N–C) groups is 1. The Morgan fingerprint density at radius 2 is 1.68 bits per heavy atom. The van der Waals surface area contributed by atoms with Crippen LogP contribution in [0.15, 0.2) is 75.0 Å². The summed E-state index contributed by atoms with van der Waals surface area (Å²) in [7, 11) is 0. The van der Waals surface area contributed by atoms with Crippen LogP contribution >= 0.6 is 27.7 Å². The smallest absolute Gasteiger partial charge is 0.335 e. The second-order valence-corrected chi connectivity index (χ2v) is 10.3. The molecule has 0 aliphatic carbocycles. The van der Waals surface area contributed by atoms with Crippen molar-refractivity contribution in [3.05, 3.63) is 92.3 Å². The number of carbonyl (C=O) groups excluding carboxylic acids is 1. The Morgan fingerprint density at radius 3 is 2.33 bits per heavy atom. The Kier molecular flexibility index (Phi) is 9.28. The number of carbonyl (C=O) groups is 3. The SMILES string of the molecule is CCOc1cc(/C=C2\SC(=Nc3cccc(C(=O)O)c3)N(CC)C2=O)c(Br)cc1OCc1ccc(C(=O)O)cc1. The van der Waals surface area contributed by atoms with Gasteiger partial charge in [-0.15, -0.1) is 0 Å². The summed E-state index contributed by atoms with van der Waals surface area (Å²) >= 11 is 4.77. The van der Waals surface area contributed by atoms with Crippen molar-refractivity contribution in [3.8, 4) is 11.5 Å². The number of ether oxygens (including phenoxy) is 2. The average Bonchev–Trinajstić information content (AvgIpc) is 3.23. The van der Waals surface area contributed by atoms with Crippen LogP contribution in [0.4, 0.5) is 5.69 Å². The number of hydrogen-bond donors (Lipinski definition) is 2. The molecule has 0 atom stereocenters. The third kappa shape index (κ3) is 6.72. The highest BCUT2D eigenvalue weighted by Crippen LogP contribution is 2.39. The van der Waals surface area contributed by atoms with Crippen molar-refractivity contribution >= 4 is 62.5 Å².